The van der Waals surface area contributed by atoms with Crippen LogP contribution in [0.25, 0.3) is 17.2 Å². The van der Waals surface area contributed by atoms with Crippen molar-refractivity contribution in [2.24, 2.45) is 0 Å². The smallest absolute Gasteiger partial charge is 0.277 e. The van der Waals surface area contributed by atoms with Crippen molar-refractivity contribution in [3.05, 3.63) is 59.8 Å². The number of carbonyl (C=O) groups excluding carboxylic acids is 1. The van der Waals surface area contributed by atoms with E-state index < -0.39 is 5.91 Å². The van der Waals surface area contributed by atoms with Gasteiger partial charge >= 0.3 is 0 Å². The SMILES string of the molecule is N#Cc1ccnc(-c2csc(NC(=O)c3cnnn3-c3cnccn3)n2)c1. The minimum Gasteiger partial charge on any atom is -0.296 e. The number of anilines is 1. The minimum absolute atomic E-state index is 0.192. The van der Waals surface area contributed by atoms with Crippen LogP contribution in [0.3, 0.4) is 0 Å². The molecular formula is C16H9N9OS. The molecule has 0 aliphatic rings. The average molecular weight is 375 g/mol. The molecule has 4 aromatic rings. The second kappa shape index (κ2) is 7.06. The van der Waals surface area contributed by atoms with Gasteiger partial charge in [-0.05, 0) is 12.1 Å². The molecule has 27 heavy (non-hydrogen) atoms. The quantitative estimate of drug-likeness (QED) is 0.569. The number of nitriles is 1. The molecule has 0 spiro atoms. The topological polar surface area (TPSA) is 135 Å². The number of pyridine rings is 1. The van der Waals surface area contributed by atoms with Crippen LogP contribution in [0.15, 0.2) is 48.5 Å². The maximum Gasteiger partial charge on any atom is 0.277 e. The first-order chi connectivity index (χ1) is 13.2. The largest absolute Gasteiger partial charge is 0.296 e. The Morgan fingerprint density at radius 2 is 2.11 bits per heavy atom. The zero-order chi connectivity index (χ0) is 18.6. The summed E-state index contributed by atoms with van der Waals surface area (Å²) < 4.78 is 1.29. The van der Waals surface area contributed by atoms with Gasteiger partial charge in [-0.25, -0.2) is 9.97 Å². The summed E-state index contributed by atoms with van der Waals surface area (Å²) in [4.78, 5) is 29.2. The summed E-state index contributed by atoms with van der Waals surface area (Å²) in [6, 6.07) is 5.30. The maximum absolute atomic E-state index is 12.6. The number of nitrogens with one attached hydrogen (secondary N) is 1. The molecule has 1 N–H and O–H groups in total. The number of hydrogen-bond donors (Lipinski definition) is 1. The molecule has 0 radical (unpaired) electrons. The third-order valence-corrected chi connectivity index (χ3v) is 4.18. The normalized spacial score (nSPS) is 10.3. The summed E-state index contributed by atoms with van der Waals surface area (Å²) >= 11 is 1.24. The van der Waals surface area contributed by atoms with Crippen molar-refractivity contribution in [3.8, 4) is 23.3 Å². The van der Waals surface area contributed by atoms with Gasteiger partial charge in [0, 0.05) is 24.0 Å². The van der Waals surface area contributed by atoms with Crippen LogP contribution in [0.4, 0.5) is 5.13 Å². The molecule has 4 heterocycles. The summed E-state index contributed by atoms with van der Waals surface area (Å²) in [6.45, 7) is 0. The van der Waals surface area contributed by atoms with Crippen molar-refractivity contribution in [2.75, 3.05) is 5.32 Å². The van der Waals surface area contributed by atoms with Gasteiger partial charge in [0.05, 0.1) is 29.7 Å². The van der Waals surface area contributed by atoms with Crippen LogP contribution in [0.5, 0.6) is 0 Å². The first-order valence-electron chi connectivity index (χ1n) is 7.55. The van der Waals surface area contributed by atoms with Crippen LogP contribution in [0, 0.1) is 11.3 Å². The molecule has 0 aromatic carbocycles. The Morgan fingerprint density at radius 3 is 2.93 bits per heavy atom. The first-order valence-corrected chi connectivity index (χ1v) is 8.43. The lowest BCUT2D eigenvalue weighted by atomic mass is 10.2. The Bertz CT molecular complexity index is 1150. The van der Waals surface area contributed by atoms with E-state index in [4.69, 9.17) is 5.26 Å². The third kappa shape index (κ3) is 3.37. The molecule has 0 aliphatic carbocycles. The fourth-order valence-corrected chi connectivity index (χ4v) is 2.91. The molecule has 0 atom stereocenters. The van der Waals surface area contributed by atoms with Gasteiger partial charge in [-0.2, -0.15) is 9.94 Å². The van der Waals surface area contributed by atoms with Crippen LogP contribution in [-0.2, 0) is 0 Å². The van der Waals surface area contributed by atoms with Gasteiger partial charge in [0.15, 0.2) is 16.6 Å². The van der Waals surface area contributed by atoms with Crippen LogP contribution >= 0.6 is 11.3 Å². The van der Waals surface area contributed by atoms with E-state index in [1.807, 2.05) is 0 Å². The Morgan fingerprint density at radius 1 is 1.19 bits per heavy atom. The van der Waals surface area contributed by atoms with Crippen molar-refractivity contribution in [3.63, 3.8) is 0 Å². The van der Waals surface area contributed by atoms with Crippen LogP contribution < -0.4 is 5.32 Å². The zero-order valence-corrected chi connectivity index (χ0v) is 14.3. The fraction of sp³-hybridized carbons (Fsp3) is 0. The van der Waals surface area contributed by atoms with Gasteiger partial charge in [-0.3, -0.25) is 20.1 Å². The second-order valence-electron chi connectivity index (χ2n) is 5.13. The van der Waals surface area contributed by atoms with Crippen LogP contribution in [-0.4, -0.2) is 40.8 Å². The van der Waals surface area contributed by atoms with E-state index in [1.54, 1.807) is 17.5 Å². The van der Waals surface area contributed by atoms with E-state index in [0.29, 0.717) is 27.9 Å². The van der Waals surface area contributed by atoms with Gasteiger partial charge in [-0.1, -0.05) is 5.21 Å². The number of rotatable bonds is 4. The Hall–Kier alpha value is -4.04. The lowest BCUT2D eigenvalue weighted by molar-refractivity contribution is 0.101. The molecule has 0 aliphatic heterocycles. The summed E-state index contributed by atoms with van der Waals surface area (Å²) in [5.74, 6) is -0.0669. The van der Waals surface area contributed by atoms with Gasteiger partial charge in [-0.15, -0.1) is 16.4 Å². The number of carbonyl (C=O) groups is 1. The molecular weight excluding hydrogens is 366 g/mol. The zero-order valence-electron chi connectivity index (χ0n) is 13.5. The highest BCUT2D eigenvalue weighted by Crippen LogP contribution is 2.24. The van der Waals surface area contributed by atoms with Gasteiger partial charge in [0.2, 0.25) is 0 Å². The molecule has 4 aromatic heterocycles. The number of amides is 1. The van der Waals surface area contributed by atoms with E-state index in [-0.39, 0.29) is 5.69 Å². The van der Waals surface area contributed by atoms with E-state index in [9.17, 15) is 4.79 Å². The fourth-order valence-electron chi connectivity index (χ4n) is 2.21. The number of hydrogen-bond acceptors (Lipinski definition) is 9. The number of aromatic nitrogens is 7. The Balaban J connectivity index is 1.56. The molecule has 11 heteroatoms. The van der Waals surface area contributed by atoms with Gasteiger partial charge in [0.25, 0.3) is 5.91 Å². The van der Waals surface area contributed by atoms with E-state index in [2.05, 4.69) is 41.6 Å². The highest BCUT2D eigenvalue weighted by atomic mass is 32.1. The Labute approximate surface area is 156 Å². The first kappa shape index (κ1) is 16.4. The second-order valence-corrected chi connectivity index (χ2v) is 5.99. The standard InChI is InChI=1S/C16H9N9OS/c17-6-10-1-2-19-11(5-10)12-9-27-16(22-12)23-15(26)13-7-21-24-25(13)14-8-18-3-4-20-14/h1-5,7-9H,(H,22,23,26). The van der Waals surface area contributed by atoms with Crippen LogP contribution in [0.1, 0.15) is 16.1 Å². The number of nitrogens with zero attached hydrogens (tertiary/aromatic N) is 8. The predicted octanol–water partition coefficient (Wildman–Crippen LogP) is 1.70. The lowest BCUT2D eigenvalue weighted by Crippen LogP contribution is -2.17. The molecule has 0 unspecified atom stereocenters. The van der Waals surface area contributed by atoms with Crippen molar-refractivity contribution >= 4 is 22.4 Å². The summed E-state index contributed by atoms with van der Waals surface area (Å²) in [7, 11) is 0. The molecule has 4 rings (SSSR count). The molecule has 1 amide bonds. The van der Waals surface area contributed by atoms with E-state index in [1.165, 1.54) is 47.0 Å². The summed E-state index contributed by atoms with van der Waals surface area (Å²) in [6.07, 6.45) is 7.36. The molecule has 0 saturated heterocycles. The van der Waals surface area contributed by atoms with Gasteiger partial charge in [0.1, 0.15) is 5.69 Å². The minimum atomic E-state index is -0.440. The highest BCUT2D eigenvalue weighted by molar-refractivity contribution is 7.14. The van der Waals surface area contributed by atoms with Crippen molar-refractivity contribution in [1.29, 1.82) is 5.26 Å². The van der Waals surface area contributed by atoms with Crippen molar-refractivity contribution in [2.45, 2.75) is 0 Å². The average Bonchev–Trinajstić information content (AvgIpc) is 3.38. The number of thiazole rings is 1. The lowest BCUT2D eigenvalue weighted by Gasteiger charge is -2.04. The summed E-state index contributed by atoms with van der Waals surface area (Å²) in [5.41, 5.74) is 1.79. The summed E-state index contributed by atoms with van der Waals surface area (Å²) in [5, 5.41) is 21.4. The van der Waals surface area contributed by atoms with Gasteiger partial charge < -0.3 is 0 Å². The van der Waals surface area contributed by atoms with Crippen molar-refractivity contribution < 1.29 is 4.79 Å². The monoisotopic (exact) mass is 375 g/mol. The highest BCUT2D eigenvalue weighted by Gasteiger charge is 2.17. The van der Waals surface area contributed by atoms with Crippen molar-refractivity contribution in [1.82, 2.24) is 34.9 Å². The van der Waals surface area contributed by atoms with Crippen LogP contribution in [0.2, 0.25) is 0 Å². The van der Waals surface area contributed by atoms with E-state index >= 15 is 0 Å². The Kier molecular flexibility index (Phi) is 4.30. The molecule has 10 nitrogen and oxygen atoms in total. The molecule has 0 fully saturated rings. The molecule has 0 bridgehead atoms. The predicted molar refractivity (Wildman–Crippen MR) is 95.0 cm³/mol. The van der Waals surface area contributed by atoms with E-state index in [0.717, 1.165) is 0 Å². The molecule has 0 saturated carbocycles. The molecule has 130 valence electrons. The maximum atomic E-state index is 12.6. The third-order valence-electron chi connectivity index (χ3n) is 3.42.